The molecule has 0 saturated carbocycles. The Morgan fingerprint density at radius 1 is 1.21 bits per heavy atom. The molecule has 0 amide bonds. The van der Waals surface area contributed by atoms with Gasteiger partial charge in [0.25, 0.3) is 0 Å². The number of ether oxygens (including phenoxy) is 1. The number of nitrogens with zero attached hydrogens (tertiary/aromatic N) is 1. The van der Waals surface area contributed by atoms with E-state index in [4.69, 9.17) is 4.74 Å². The van der Waals surface area contributed by atoms with Crippen molar-refractivity contribution in [3.63, 3.8) is 0 Å². The molecule has 1 fully saturated rings. The van der Waals surface area contributed by atoms with Crippen molar-refractivity contribution in [2.75, 3.05) is 19.7 Å². The number of morpholine rings is 1. The second kappa shape index (κ2) is 6.04. The minimum Gasteiger partial charge on any atom is -0.394 e. The van der Waals surface area contributed by atoms with Crippen LogP contribution in [0, 0.1) is 20.8 Å². The van der Waals surface area contributed by atoms with Crippen LogP contribution < -0.4 is 0 Å². The molecule has 0 radical (unpaired) electrons. The van der Waals surface area contributed by atoms with E-state index in [1.165, 1.54) is 22.3 Å². The largest absolute Gasteiger partial charge is 0.394 e. The van der Waals surface area contributed by atoms with Crippen LogP contribution >= 0.6 is 0 Å². The van der Waals surface area contributed by atoms with Crippen LogP contribution in [0.15, 0.2) is 12.1 Å². The Bertz CT molecular complexity index is 421. The summed E-state index contributed by atoms with van der Waals surface area (Å²) in [7, 11) is 0. The van der Waals surface area contributed by atoms with Crippen molar-refractivity contribution in [1.82, 2.24) is 4.90 Å². The lowest BCUT2D eigenvalue weighted by Crippen LogP contribution is -2.47. The summed E-state index contributed by atoms with van der Waals surface area (Å²) in [6.45, 7) is 11.4. The number of rotatable bonds is 3. The number of aliphatic hydroxyl groups is 1. The van der Waals surface area contributed by atoms with Gasteiger partial charge in [0.1, 0.15) is 0 Å². The van der Waals surface area contributed by atoms with E-state index in [9.17, 15) is 5.11 Å². The first-order valence-electron chi connectivity index (χ1n) is 7.05. The first-order valence-corrected chi connectivity index (χ1v) is 7.05. The lowest BCUT2D eigenvalue weighted by atomic mass is 9.99. The molecule has 1 N–H and O–H groups in total. The Morgan fingerprint density at radius 2 is 1.84 bits per heavy atom. The highest BCUT2D eigenvalue weighted by Crippen LogP contribution is 2.20. The van der Waals surface area contributed by atoms with Gasteiger partial charge in [0, 0.05) is 19.6 Å². The molecule has 106 valence electrons. The summed E-state index contributed by atoms with van der Waals surface area (Å²) in [5.74, 6) is 0. The standard InChI is InChI=1S/C16H25NO2/c1-11-5-12(2)16(13(3)6-11)9-17-7-14(4)19-15(8-17)10-18/h5-6,14-15,18H,7-10H2,1-4H3. The van der Waals surface area contributed by atoms with Crippen LogP contribution in [-0.2, 0) is 11.3 Å². The van der Waals surface area contributed by atoms with Gasteiger partial charge in [-0.3, -0.25) is 4.90 Å². The zero-order chi connectivity index (χ0) is 14.0. The highest BCUT2D eigenvalue weighted by atomic mass is 16.5. The molecule has 1 aromatic carbocycles. The van der Waals surface area contributed by atoms with Gasteiger partial charge in [-0.15, -0.1) is 0 Å². The van der Waals surface area contributed by atoms with Crippen molar-refractivity contribution in [2.24, 2.45) is 0 Å². The van der Waals surface area contributed by atoms with E-state index in [0.717, 1.165) is 19.6 Å². The monoisotopic (exact) mass is 263 g/mol. The molecular weight excluding hydrogens is 238 g/mol. The molecule has 0 aromatic heterocycles. The minimum atomic E-state index is -0.0465. The van der Waals surface area contributed by atoms with Crippen LogP contribution in [-0.4, -0.2) is 41.9 Å². The molecule has 2 unspecified atom stereocenters. The number of aryl methyl sites for hydroxylation is 3. The van der Waals surface area contributed by atoms with E-state index in [1.807, 2.05) is 0 Å². The van der Waals surface area contributed by atoms with Crippen LogP contribution in [0.25, 0.3) is 0 Å². The molecule has 0 aliphatic carbocycles. The molecule has 1 heterocycles. The summed E-state index contributed by atoms with van der Waals surface area (Å²) < 4.78 is 5.69. The predicted octanol–water partition coefficient (Wildman–Crippen LogP) is 2.19. The maximum Gasteiger partial charge on any atom is 0.0936 e. The average Bonchev–Trinajstić information content (AvgIpc) is 2.33. The molecule has 2 rings (SSSR count). The average molecular weight is 263 g/mol. The number of hydrogen-bond donors (Lipinski definition) is 1. The van der Waals surface area contributed by atoms with E-state index in [2.05, 4.69) is 44.7 Å². The topological polar surface area (TPSA) is 32.7 Å². The smallest absolute Gasteiger partial charge is 0.0936 e. The minimum absolute atomic E-state index is 0.0465. The van der Waals surface area contributed by atoms with Crippen molar-refractivity contribution < 1.29 is 9.84 Å². The van der Waals surface area contributed by atoms with Gasteiger partial charge in [-0.25, -0.2) is 0 Å². The fourth-order valence-electron chi connectivity index (χ4n) is 3.05. The zero-order valence-corrected chi connectivity index (χ0v) is 12.4. The predicted molar refractivity (Wildman–Crippen MR) is 77.4 cm³/mol. The number of benzene rings is 1. The van der Waals surface area contributed by atoms with Crippen LogP contribution in [0.1, 0.15) is 29.2 Å². The quantitative estimate of drug-likeness (QED) is 0.907. The van der Waals surface area contributed by atoms with E-state index < -0.39 is 0 Å². The van der Waals surface area contributed by atoms with Crippen LogP contribution in [0.4, 0.5) is 0 Å². The fraction of sp³-hybridized carbons (Fsp3) is 0.625. The summed E-state index contributed by atoms with van der Waals surface area (Å²) in [4.78, 5) is 2.39. The first kappa shape index (κ1) is 14.5. The Balaban J connectivity index is 2.12. The van der Waals surface area contributed by atoms with Crippen molar-refractivity contribution in [3.05, 3.63) is 34.4 Å². The van der Waals surface area contributed by atoms with Gasteiger partial charge in [0.2, 0.25) is 0 Å². The van der Waals surface area contributed by atoms with Gasteiger partial charge in [-0.05, 0) is 44.4 Å². The second-order valence-electron chi connectivity index (χ2n) is 5.82. The molecule has 0 bridgehead atoms. The lowest BCUT2D eigenvalue weighted by molar-refractivity contribution is -0.0973. The van der Waals surface area contributed by atoms with Crippen molar-refractivity contribution >= 4 is 0 Å². The summed E-state index contributed by atoms with van der Waals surface area (Å²) in [6, 6.07) is 4.49. The van der Waals surface area contributed by atoms with E-state index in [0.29, 0.717) is 0 Å². The number of hydrogen-bond acceptors (Lipinski definition) is 3. The molecule has 2 atom stereocenters. The Hall–Kier alpha value is -0.900. The zero-order valence-electron chi connectivity index (χ0n) is 12.4. The van der Waals surface area contributed by atoms with Crippen LogP contribution in [0.2, 0.25) is 0 Å². The van der Waals surface area contributed by atoms with Crippen LogP contribution in [0.5, 0.6) is 0 Å². The molecule has 1 aromatic rings. The van der Waals surface area contributed by atoms with Gasteiger partial charge in [0.05, 0.1) is 18.8 Å². The Kier molecular flexibility index (Phi) is 4.61. The van der Waals surface area contributed by atoms with Gasteiger partial charge in [0.15, 0.2) is 0 Å². The SMILES string of the molecule is Cc1cc(C)c(CN2CC(C)OC(CO)C2)c(C)c1. The fourth-order valence-corrected chi connectivity index (χ4v) is 3.05. The molecule has 1 aliphatic heterocycles. The first-order chi connectivity index (χ1) is 8.99. The molecule has 3 nitrogen and oxygen atoms in total. The van der Waals surface area contributed by atoms with Crippen molar-refractivity contribution in [3.8, 4) is 0 Å². The second-order valence-corrected chi connectivity index (χ2v) is 5.82. The molecule has 1 aliphatic rings. The Labute approximate surface area is 116 Å². The van der Waals surface area contributed by atoms with Crippen LogP contribution in [0.3, 0.4) is 0 Å². The molecule has 0 spiro atoms. The van der Waals surface area contributed by atoms with Gasteiger partial charge >= 0.3 is 0 Å². The van der Waals surface area contributed by atoms with Crippen molar-refractivity contribution in [1.29, 1.82) is 0 Å². The summed E-state index contributed by atoms with van der Waals surface area (Å²) in [5, 5.41) is 9.29. The van der Waals surface area contributed by atoms with Gasteiger partial charge in [-0.1, -0.05) is 17.7 Å². The van der Waals surface area contributed by atoms with Crippen molar-refractivity contribution in [2.45, 2.75) is 46.4 Å². The third-order valence-electron chi connectivity index (χ3n) is 3.83. The normalized spacial score (nSPS) is 24.7. The van der Waals surface area contributed by atoms with E-state index >= 15 is 0 Å². The number of aliphatic hydroxyl groups excluding tert-OH is 1. The summed E-state index contributed by atoms with van der Waals surface area (Å²) in [6.07, 6.45) is 0.145. The van der Waals surface area contributed by atoms with Gasteiger partial charge in [-0.2, -0.15) is 0 Å². The third-order valence-corrected chi connectivity index (χ3v) is 3.83. The van der Waals surface area contributed by atoms with Gasteiger partial charge < -0.3 is 9.84 Å². The maximum atomic E-state index is 9.29. The molecular formula is C16H25NO2. The molecule has 1 saturated heterocycles. The highest BCUT2D eigenvalue weighted by molar-refractivity contribution is 5.37. The lowest BCUT2D eigenvalue weighted by Gasteiger charge is -2.36. The third kappa shape index (κ3) is 3.56. The summed E-state index contributed by atoms with van der Waals surface area (Å²) in [5.41, 5.74) is 5.45. The van der Waals surface area contributed by atoms with E-state index in [1.54, 1.807) is 0 Å². The highest BCUT2D eigenvalue weighted by Gasteiger charge is 2.25. The maximum absolute atomic E-state index is 9.29. The summed E-state index contributed by atoms with van der Waals surface area (Å²) >= 11 is 0. The molecule has 19 heavy (non-hydrogen) atoms. The van der Waals surface area contributed by atoms with E-state index in [-0.39, 0.29) is 18.8 Å². The molecule has 3 heteroatoms. The Morgan fingerprint density at radius 3 is 2.42 bits per heavy atom.